The highest BCUT2D eigenvalue weighted by Crippen LogP contribution is 2.42. The highest BCUT2D eigenvalue weighted by Gasteiger charge is 2.49. The van der Waals surface area contributed by atoms with Gasteiger partial charge < -0.3 is 20.2 Å². The summed E-state index contributed by atoms with van der Waals surface area (Å²) in [5.74, 6) is 1.38. The van der Waals surface area contributed by atoms with Crippen LogP contribution in [0.25, 0.3) is 0 Å². The number of primary amides is 1. The molecular formula is C22H33N3O4. The molecule has 1 aromatic rings. The van der Waals surface area contributed by atoms with Crippen molar-refractivity contribution in [3.63, 3.8) is 0 Å². The zero-order valence-electron chi connectivity index (χ0n) is 17.7. The van der Waals surface area contributed by atoms with Gasteiger partial charge in [-0.3, -0.25) is 14.5 Å². The van der Waals surface area contributed by atoms with Crippen LogP contribution in [0, 0.1) is 11.8 Å². The first-order valence-corrected chi connectivity index (χ1v) is 10.8. The van der Waals surface area contributed by atoms with E-state index >= 15 is 0 Å². The fourth-order valence-electron chi connectivity index (χ4n) is 5.78. The second kappa shape index (κ2) is 7.43. The second-order valence-corrected chi connectivity index (χ2v) is 10.0. The van der Waals surface area contributed by atoms with E-state index in [4.69, 9.17) is 10.2 Å². The van der Waals surface area contributed by atoms with Crippen molar-refractivity contribution in [1.82, 2.24) is 9.80 Å². The maximum atomic E-state index is 12.6. The van der Waals surface area contributed by atoms with Crippen molar-refractivity contribution >= 4 is 11.8 Å². The van der Waals surface area contributed by atoms with Gasteiger partial charge in [0.05, 0.1) is 12.6 Å². The summed E-state index contributed by atoms with van der Waals surface area (Å²) in [4.78, 5) is 28.7. The van der Waals surface area contributed by atoms with Crippen LogP contribution >= 0.6 is 0 Å². The number of aliphatic hydroxyl groups excluding tert-OH is 1. The molecule has 4 atom stereocenters. The standard InChI is InChI=1S/C22H33N3O4/c1-22(2,3)20-15(8-18(29-20)21(23)28)11-24-9-13-7-14(10-24)17(12-26)25-16(13)5-4-6-19(25)27/h8,13-14,16-17,26H,4-7,9-12H2,1-3H3,(H2,23,28)/t13-,14+,16+,17+/m1/s1. The molecule has 7 nitrogen and oxygen atoms in total. The molecule has 2 bridgehead atoms. The lowest BCUT2D eigenvalue weighted by atomic mass is 9.72. The lowest BCUT2D eigenvalue weighted by Gasteiger charge is -2.56. The van der Waals surface area contributed by atoms with Crippen molar-refractivity contribution < 1.29 is 19.1 Å². The molecule has 0 radical (unpaired) electrons. The van der Waals surface area contributed by atoms with Crippen molar-refractivity contribution in [2.75, 3.05) is 19.7 Å². The SMILES string of the molecule is CC(C)(C)c1oc(C(N)=O)cc1CN1C[C@H]2C[C@@H](C1)[C@H](CO)N1C(=O)CCC[C@@H]21. The van der Waals surface area contributed by atoms with E-state index in [1.165, 1.54) is 0 Å². The summed E-state index contributed by atoms with van der Waals surface area (Å²) >= 11 is 0. The number of hydrogen-bond acceptors (Lipinski definition) is 5. The number of hydrogen-bond donors (Lipinski definition) is 2. The molecule has 0 aliphatic carbocycles. The minimum atomic E-state index is -0.547. The third-order valence-corrected chi connectivity index (χ3v) is 6.89. The van der Waals surface area contributed by atoms with Gasteiger partial charge in [0.1, 0.15) is 5.76 Å². The Morgan fingerprint density at radius 2 is 2.03 bits per heavy atom. The predicted molar refractivity (Wildman–Crippen MR) is 108 cm³/mol. The van der Waals surface area contributed by atoms with E-state index in [1.54, 1.807) is 6.07 Å². The molecule has 3 N–H and O–H groups in total. The van der Waals surface area contributed by atoms with E-state index < -0.39 is 5.91 Å². The molecule has 160 valence electrons. The van der Waals surface area contributed by atoms with Crippen LogP contribution in [-0.2, 0) is 16.8 Å². The van der Waals surface area contributed by atoms with E-state index in [0.29, 0.717) is 18.9 Å². The third-order valence-electron chi connectivity index (χ3n) is 6.89. The smallest absolute Gasteiger partial charge is 0.284 e. The van der Waals surface area contributed by atoms with Crippen molar-refractivity contribution in [2.45, 2.75) is 70.5 Å². The minimum Gasteiger partial charge on any atom is -0.455 e. The molecule has 0 spiro atoms. The summed E-state index contributed by atoms with van der Waals surface area (Å²) in [5, 5.41) is 10.1. The van der Waals surface area contributed by atoms with Gasteiger partial charge in [0.25, 0.3) is 5.91 Å². The van der Waals surface area contributed by atoms with Crippen LogP contribution in [0.3, 0.4) is 0 Å². The molecule has 0 aromatic carbocycles. The molecule has 3 aliphatic rings. The van der Waals surface area contributed by atoms with Gasteiger partial charge in [-0.25, -0.2) is 0 Å². The molecule has 4 heterocycles. The number of carbonyl (C=O) groups excluding carboxylic acids is 2. The van der Waals surface area contributed by atoms with Gasteiger partial charge in [0, 0.05) is 43.1 Å². The summed E-state index contributed by atoms with van der Waals surface area (Å²) in [7, 11) is 0. The van der Waals surface area contributed by atoms with Crippen LogP contribution in [0.1, 0.15) is 68.3 Å². The Kier molecular flexibility index (Phi) is 5.23. The zero-order valence-corrected chi connectivity index (χ0v) is 17.7. The summed E-state index contributed by atoms with van der Waals surface area (Å²) in [6.45, 7) is 8.67. The van der Waals surface area contributed by atoms with Gasteiger partial charge >= 0.3 is 0 Å². The Bertz CT molecular complexity index is 782. The predicted octanol–water partition coefficient (Wildman–Crippen LogP) is 1.87. The van der Waals surface area contributed by atoms with Gasteiger partial charge in [-0.2, -0.15) is 0 Å². The maximum absolute atomic E-state index is 12.6. The minimum absolute atomic E-state index is 0.0260. The number of piperidine rings is 3. The summed E-state index contributed by atoms with van der Waals surface area (Å²) < 4.78 is 5.82. The molecule has 3 aliphatic heterocycles. The lowest BCUT2D eigenvalue weighted by Crippen LogP contribution is -2.65. The molecular weight excluding hydrogens is 370 g/mol. The molecule has 4 rings (SSSR count). The van der Waals surface area contributed by atoms with Crippen molar-refractivity contribution in [3.8, 4) is 0 Å². The van der Waals surface area contributed by atoms with Crippen LogP contribution in [0.15, 0.2) is 10.5 Å². The number of nitrogens with zero attached hydrogens (tertiary/aromatic N) is 2. The summed E-state index contributed by atoms with van der Waals surface area (Å²) in [5.41, 5.74) is 6.23. The number of aliphatic hydroxyl groups is 1. The van der Waals surface area contributed by atoms with E-state index in [-0.39, 0.29) is 41.7 Å². The largest absolute Gasteiger partial charge is 0.455 e. The third kappa shape index (κ3) is 3.70. The van der Waals surface area contributed by atoms with Gasteiger partial charge in [0.2, 0.25) is 5.91 Å². The second-order valence-electron chi connectivity index (χ2n) is 10.0. The zero-order chi connectivity index (χ0) is 20.9. The number of fused-ring (bicyclic) bond motifs is 4. The monoisotopic (exact) mass is 403 g/mol. The fourth-order valence-corrected chi connectivity index (χ4v) is 5.78. The molecule has 0 saturated carbocycles. The number of amides is 2. The first kappa shape index (κ1) is 20.4. The van der Waals surface area contributed by atoms with Crippen molar-refractivity contribution in [2.24, 2.45) is 17.6 Å². The van der Waals surface area contributed by atoms with Gasteiger partial charge in [-0.05, 0) is 37.2 Å². The van der Waals surface area contributed by atoms with E-state index in [0.717, 1.165) is 43.7 Å². The van der Waals surface area contributed by atoms with Crippen LogP contribution < -0.4 is 5.73 Å². The molecule has 7 heteroatoms. The molecule has 3 fully saturated rings. The van der Waals surface area contributed by atoms with Gasteiger partial charge in [-0.1, -0.05) is 20.8 Å². The van der Waals surface area contributed by atoms with E-state index in [2.05, 4.69) is 25.7 Å². The average Bonchev–Trinajstić information content (AvgIpc) is 3.07. The van der Waals surface area contributed by atoms with E-state index in [1.807, 2.05) is 4.90 Å². The Balaban J connectivity index is 1.58. The average molecular weight is 404 g/mol. The number of furan rings is 1. The first-order chi connectivity index (χ1) is 13.7. The van der Waals surface area contributed by atoms with Crippen LogP contribution in [0.5, 0.6) is 0 Å². The Hall–Kier alpha value is -1.86. The molecule has 1 aromatic heterocycles. The number of likely N-dealkylation sites (tertiary alicyclic amines) is 1. The molecule has 0 unspecified atom stereocenters. The summed E-state index contributed by atoms with van der Waals surface area (Å²) in [6.07, 6.45) is 3.64. The Labute approximate surface area is 172 Å². The molecule has 3 saturated heterocycles. The van der Waals surface area contributed by atoms with Crippen molar-refractivity contribution in [3.05, 3.63) is 23.2 Å². The fraction of sp³-hybridized carbons (Fsp3) is 0.727. The highest BCUT2D eigenvalue weighted by molar-refractivity contribution is 5.90. The van der Waals surface area contributed by atoms with E-state index in [9.17, 15) is 14.7 Å². The topological polar surface area (TPSA) is 100 Å². The number of carbonyl (C=O) groups is 2. The quantitative estimate of drug-likeness (QED) is 0.799. The van der Waals surface area contributed by atoms with Gasteiger partial charge in [-0.15, -0.1) is 0 Å². The Morgan fingerprint density at radius 3 is 2.69 bits per heavy atom. The van der Waals surface area contributed by atoms with Crippen LogP contribution in [0.4, 0.5) is 0 Å². The number of rotatable bonds is 4. The first-order valence-electron chi connectivity index (χ1n) is 10.8. The van der Waals surface area contributed by atoms with Gasteiger partial charge in [0.15, 0.2) is 5.76 Å². The highest BCUT2D eigenvalue weighted by atomic mass is 16.4. The lowest BCUT2D eigenvalue weighted by molar-refractivity contribution is -0.155. The van der Waals surface area contributed by atoms with Crippen molar-refractivity contribution in [1.29, 1.82) is 0 Å². The molecule has 29 heavy (non-hydrogen) atoms. The Morgan fingerprint density at radius 1 is 1.31 bits per heavy atom. The van der Waals surface area contributed by atoms with Crippen LogP contribution in [0.2, 0.25) is 0 Å². The van der Waals surface area contributed by atoms with Crippen LogP contribution in [-0.4, -0.2) is 58.5 Å². The summed E-state index contributed by atoms with van der Waals surface area (Å²) in [6, 6.07) is 1.94. The molecule has 2 amide bonds. The number of nitrogens with two attached hydrogens (primary N) is 1. The normalized spacial score (nSPS) is 30.3. The maximum Gasteiger partial charge on any atom is 0.284 e.